The number of aromatic nitrogens is 10. The molecule has 0 unspecified atom stereocenters. The van der Waals surface area contributed by atoms with Crippen molar-refractivity contribution in [3.63, 3.8) is 0 Å². The van der Waals surface area contributed by atoms with Crippen molar-refractivity contribution in [2.45, 2.75) is 44.2 Å². The number of halogens is 2. The van der Waals surface area contributed by atoms with Crippen molar-refractivity contribution in [3.8, 4) is 68.2 Å². The molecule has 24 nitrogen and oxygen atoms in total. The summed E-state index contributed by atoms with van der Waals surface area (Å²) in [5.41, 5.74) is 6.28. The summed E-state index contributed by atoms with van der Waals surface area (Å²) < 4.78 is 73.8. The van der Waals surface area contributed by atoms with E-state index in [-0.39, 0.29) is 47.1 Å². The van der Waals surface area contributed by atoms with Gasteiger partial charge in [-0.05, 0) is 85.3 Å². The second-order valence-electron chi connectivity index (χ2n) is 19.9. The number of hydrogen-bond acceptors (Lipinski definition) is 21. The van der Waals surface area contributed by atoms with Crippen LogP contribution in [-0.2, 0) is 15.9 Å². The molecule has 12 rings (SSSR count). The van der Waals surface area contributed by atoms with E-state index in [0.717, 1.165) is 10.9 Å². The number of aromatic carboxylic acids is 1. The van der Waals surface area contributed by atoms with Crippen molar-refractivity contribution in [3.05, 3.63) is 184 Å². The van der Waals surface area contributed by atoms with Crippen LogP contribution in [0.15, 0.2) is 144 Å². The van der Waals surface area contributed by atoms with Crippen LogP contribution in [0.25, 0.3) is 44.1 Å². The number of nitrogen functional groups attached to an aromatic ring is 1. The van der Waals surface area contributed by atoms with Gasteiger partial charge in [-0.15, -0.1) is 0 Å². The van der Waals surface area contributed by atoms with Crippen LogP contribution in [-0.4, -0.2) is 121 Å². The fourth-order valence-corrected chi connectivity index (χ4v) is 9.70. The Morgan fingerprint density at radius 3 is 1.36 bits per heavy atom. The number of pyridine rings is 2. The molecule has 4 aromatic carbocycles. The van der Waals surface area contributed by atoms with Gasteiger partial charge >= 0.3 is 5.97 Å². The number of carbonyl (C=O) groups is 2. The molecule has 0 spiro atoms. The number of carboxylic acid groups (broad SMARTS) is 1. The Bertz CT molecular complexity index is 4280. The zero-order chi connectivity index (χ0) is 62.6. The molecule has 2 aliphatic heterocycles. The minimum absolute atomic E-state index is 0.0263. The molecule has 8 heterocycles. The lowest BCUT2D eigenvalue weighted by atomic mass is 10.0. The third-order valence-corrected chi connectivity index (χ3v) is 14.3. The Morgan fingerprint density at radius 2 is 0.944 bits per heavy atom. The Hall–Kier alpha value is -10.9. The molecule has 0 atom stereocenters. The number of methoxy groups -OCH3 is 4. The average Bonchev–Trinajstić information content (AvgIpc) is 3.31. The number of carboxylic acids is 1. The van der Waals surface area contributed by atoms with E-state index in [2.05, 4.69) is 40.1 Å². The topological polar surface area (TPSA) is 301 Å². The third kappa shape index (κ3) is 14.5. The summed E-state index contributed by atoms with van der Waals surface area (Å²) in [5, 5.41) is 19.1. The maximum atomic E-state index is 13.6. The molecule has 26 heteroatoms. The van der Waals surface area contributed by atoms with Gasteiger partial charge in [-0.25, -0.2) is 33.5 Å². The van der Waals surface area contributed by atoms with E-state index in [1.807, 2.05) is 6.07 Å². The van der Waals surface area contributed by atoms with Crippen molar-refractivity contribution < 1.29 is 61.4 Å². The first kappa shape index (κ1) is 61.2. The van der Waals surface area contributed by atoms with Crippen LogP contribution in [0.5, 0.6) is 46.0 Å². The number of ketones is 1. The molecular weight excluding hydrogens is 1160 g/mol. The van der Waals surface area contributed by atoms with Crippen LogP contribution < -0.4 is 45.0 Å². The molecule has 3 N–H and O–H groups in total. The van der Waals surface area contributed by atoms with Gasteiger partial charge in [-0.1, -0.05) is 24.3 Å². The van der Waals surface area contributed by atoms with E-state index in [9.17, 15) is 33.1 Å². The molecule has 2 fully saturated rings. The summed E-state index contributed by atoms with van der Waals surface area (Å²) in [6.45, 7) is 2.22. The van der Waals surface area contributed by atoms with Gasteiger partial charge in [-0.2, -0.15) is 10.2 Å². The standard InChI is InChI=1S/C32H28FN5O6.C16H15FN2O4.C15H14N4O3/c1-41-28-13-23-25(14-29(28)42-2)34-10-7-27(23)44-22-16-35-30(36-17-22)15-26(39)31-32(40)24(19-3-5-20(33)6-4-19)18-38(37-31)21-8-11-43-12-9-21;17-11-3-1-10(2-4-11)13-9-19(12-5-7-23-8-6-12)18-14(15(13)20)16(21)22;1-20-13-5-10-11(6-14(13)21-2)17-4-3-12(10)22-9-7-18-15(16)19-8-9/h3-7,10,13-14,16-18,21H,8-9,11-12,15H2,1-2H3;1-4,9,12H,5-8H2,(H,21,22);3-8H,1-2H3,(H2,16,18,19). The highest BCUT2D eigenvalue weighted by Gasteiger charge is 2.25. The normalized spacial score (nSPS) is 13.3. The number of anilines is 1. The number of Topliss-reactive ketones (excluding diaryl/α,β-unsaturated/α-hetero) is 1. The maximum absolute atomic E-state index is 13.6. The Balaban J connectivity index is 0.000000163. The predicted octanol–water partition coefficient (Wildman–Crippen LogP) is 9.49. The predicted molar refractivity (Wildman–Crippen MR) is 319 cm³/mol. The molecule has 2 saturated heterocycles. The van der Waals surface area contributed by atoms with E-state index in [1.54, 1.807) is 82.0 Å². The van der Waals surface area contributed by atoms with Gasteiger partial charge in [0.05, 0.1) is 82.8 Å². The SMILES string of the molecule is COc1cc2nccc(Oc3cnc(CC(=O)c4nn(C5CCOCC5)cc(-c5ccc(F)cc5)c4=O)nc3)c2cc1OC.COc1cc2nccc(Oc3cnc(N)nc3)c2cc1OC.O=C(O)c1nn(C2CCOCC2)cc(-c2ccc(F)cc2)c1=O. The van der Waals surface area contributed by atoms with Gasteiger partial charge in [0, 0.05) is 85.2 Å². The fourth-order valence-electron chi connectivity index (χ4n) is 9.70. The Kier molecular flexibility index (Phi) is 19.3. The molecule has 89 heavy (non-hydrogen) atoms. The monoisotopic (exact) mass is 1210 g/mol. The zero-order valence-corrected chi connectivity index (χ0v) is 48.4. The van der Waals surface area contributed by atoms with E-state index in [4.69, 9.17) is 43.6 Å². The Labute approximate surface area is 505 Å². The van der Waals surface area contributed by atoms with Crippen molar-refractivity contribution in [1.29, 1.82) is 0 Å². The number of nitrogens with zero attached hydrogens (tertiary/aromatic N) is 10. The minimum atomic E-state index is -1.38. The summed E-state index contributed by atoms with van der Waals surface area (Å²) in [5.74, 6) is 1.83. The number of fused-ring (bicyclic) bond motifs is 2. The van der Waals surface area contributed by atoms with Crippen molar-refractivity contribution in [1.82, 2.24) is 49.5 Å². The quantitative estimate of drug-likeness (QED) is 0.0851. The van der Waals surface area contributed by atoms with Gasteiger partial charge in [0.1, 0.15) is 29.0 Å². The van der Waals surface area contributed by atoms with Crippen LogP contribution in [0.3, 0.4) is 0 Å². The molecule has 6 aromatic heterocycles. The van der Waals surface area contributed by atoms with Crippen LogP contribution in [0.2, 0.25) is 0 Å². The van der Waals surface area contributed by atoms with Gasteiger partial charge in [-0.3, -0.25) is 33.7 Å². The maximum Gasteiger partial charge on any atom is 0.360 e. The number of hydrogen-bond donors (Lipinski definition) is 2. The smallest absolute Gasteiger partial charge is 0.360 e. The first-order valence-corrected chi connectivity index (χ1v) is 27.7. The highest BCUT2D eigenvalue weighted by Crippen LogP contribution is 2.38. The molecule has 0 amide bonds. The first-order chi connectivity index (χ1) is 43.2. The molecule has 0 radical (unpaired) electrons. The van der Waals surface area contributed by atoms with Crippen LogP contribution >= 0.6 is 0 Å². The first-order valence-electron chi connectivity index (χ1n) is 27.7. The largest absolute Gasteiger partial charge is 0.493 e. The van der Waals surface area contributed by atoms with Crippen LogP contribution in [0.1, 0.15) is 64.6 Å². The fraction of sp³-hybridized carbons (Fsp3) is 0.238. The lowest BCUT2D eigenvalue weighted by Gasteiger charge is -2.24. The van der Waals surface area contributed by atoms with Gasteiger partial charge in [0.25, 0.3) is 0 Å². The molecule has 0 bridgehead atoms. The van der Waals surface area contributed by atoms with E-state index >= 15 is 0 Å². The number of carbonyl (C=O) groups excluding carboxylic acids is 1. The average molecular weight is 1210 g/mol. The lowest BCUT2D eigenvalue weighted by Crippen LogP contribution is -2.29. The second kappa shape index (κ2) is 28.1. The summed E-state index contributed by atoms with van der Waals surface area (Å²) in [7, 11) is 6.25. The molecule has 0 saturated carbocycles. The van der Waals surface area contributed by atoms with Gasteiger partial charge in [0.2, 0.25) is 22.5 Å². The molecule has 0 aliphatic carbocycles. The number of nitrogens with two attached hydrogens (primary N) is 1. The van der Waals surface area contributed by atoms with E-state index in [0.29, 0.717) is 120 Å². The van der Waals surface area contributed by atoms with Crippen molar-refractivity contribution in [2.24, 2.45) is 0 Å². The van der Waals surface area contributed by atoms with E-state index < -0.39 is 39.9 Å². The molecular formula is C63H57F2N11O13. The zero-order valence-electron chi connectivity index (χ0n) is 48.4. The van der Waals surface area contributed by atoms with E-state index in [1.165, 1.54) is 84.2 Å². The molecule has 456 valence electrons. The molecule has 2 aliphatic rings. The second-order valence-corrected chi connectivity index (χ2v) is 19.9. The molecule has 10 aromatic rings. The lowest BCUT2D eigenvalue weighted by molar-refractivity contribution is 0.0631. The van der Waals surface area contributed by atoms with Gasteiger partial charge < -0.3 is 48.7 Å². The minimum Gasteiger partial charge on any atom is -0.493 e. The summed E-state index contributed by atoms with van der Waals surface area (Å²) in [4.78, 5) is 75.7. The van der Waals surface area contributed by atoms with Crippen molar-refractivity contribution in [2.75, 3.05) is 60.6 Å². The van der Waals surface area contributed by atoms with Crippen molar-refractivity contribution >= 4 is 39.5 Å². The third-order valence-electron chi connectivity index (χ3n) is 14.3. The van der Waals surface area contributed by atoms with Crippen LogP contribution in [0, 0.1) is 11.6 Å². The number of benzene rings is 4. The van der Waals surface area contributed by atoms with Crippen LogP contribution in [0.4, 0.5) is 14.7 Å². The number of rotatable bonds is 16. The Morgan fingerprint density at radius 1 is 0.551 bits per heavy atom. The summed E-state index contributed by atoms with van der Waals surface area (Å²) in [6.07, 6.45) is 14.8. The highest BCUT2D eigenvalue weighted by molar-refractivity contribution is 5.96. The summed E-state index contributed by atoms with van der Waals surface area (Å²) in [6, 6.07) is 21.4. The summed E-state index contributed by atoms with van der Waals surface area (Å²) >= 11 is 0. The van der Waals surface area contributed by atoms with Gasteiger partial charge in [0.15, 0.2) is 46.0 Å². The highest BCUT2D eigenvalue weighted by atomic mass is 19.1. The number of ether oxygens (including phenoxy) is 8.